The van der Waals surface area contributed by atoms with E-state index in [0.29, 0.717) is 29.9 Å². The number of rotatable bonds is 6. The molecule has 1 aromatic carbocycles. The van der Waals surface area contributed by atoms with E-state index in [-0.39, 0.29) is 18.2 Å². The Balaban J connectivity index is 1.55. The molecule has 4 rings (SSSR count). The predicted molar refractivity (Wildman–Crippen MR) is 113 cm³/mol. The van der Waals surface area contributed by atoms with E-state index in [1.165, 1.54) is 6.20 Å². The van der Waals surface area contributed by atoms with Crippen LogP contribution < -0.4 is 15.4 Å². The van der Waals surface area contributed by atoms with E-state index in [1.54, 1.807) is 6.07 Å². The Morgan fingerprint density at radius 1 is 1.35 bits per heavy atom. The van der Waals surface area contributed by atoms with E-state index in [2.05, 4.69) is 20.6 Å². The number of pyridine rings is 1. The van der Waals surface area contributed by atoms with Crippen LogP contribution in [0.5, 0.6) is 11.5 Å². The molecule has 3 aromatic rings. The molecule has 3 heterocycles. The zero-order valence-electron chi connectivity index (χ0n) is 17.6. The first-order chi connectivity index (χ1) is 14.8. The zero-order chi connectivity index (χ0) is 22.2. The van der Waals surface area contributed by atoms with Crippen molar-refractivity contribution >= 4 is 16.7 Å². The van der Waals surface area contributed by atoms with Gasteiger partial charge in [-0.2, -0.15) is 0 Å². The lowest BCUT2D eigenvalue weighted by atomic mass is 9.92. The van der Waals surface area contributed by atoms with Crippen LogP contribution in [0.2, 0.25) is 0 Å². The number of nitrogens with one attached hydrogen (secondary N) is 3. The molecule has 0 aliphatic carbocycles. The van der Waals surface area contributed by atoms with Gasteiger partial charge in [0.25, 0.3) is 0 Å². The van der Waals surface area contributed by atoms with Gasteiger partial charge in [0.1, 0.15) is 11.4 Å². The fraction of sp³-hybridized carbons (Fsp3) is 0.409. The van der Waals surface area contributed by atoms with Gasteiger partial charge < -0.3 is 24.9 Å². The molecule has 1 saturated heterocycles. The van der Waals surface area contributed by atoms with Gasteiger partial charge in [0, 0.05) is 42.2 Å². The lowest BCUT2D eigenvalue weighted by molar-refractivity contribution is -0.0689. The maximum Gasteiger partial charge on any atom is 0.198 e. The molecule has 1 fully saturated rings. The summed E-state index contributed by atoms with van der Waals surface area (Å²) < 4.78 is 40.9. The SMILES string of the molecule is CC(C)c1c[nH]c2nccc(Oc3c(F)cc(NC4NCC(C)(CO)CO4)cc3F)c12. The number of anilines is 1. The molecule has 4 N–H and O–H groups in total. The third-order valence-corrected chi connectivity index (χ3v) is 5.39. The van der Waals surface area contributed by atoms with Crippen LogP contribution in [-0.2, 0) is 4.74 Å². The highest BCUT2D eigenvalue weighted by molar-refractivity contribution is 5.87. The molecule has 166 valence electrons. The molecule has 0 radical (unpaired) electrons. The van der Waals surface area contributed by atoms with Crippen LogP contribution in [0.3, 0.4) is 0 Å². The molecular formula is C22H26F2N4O3. The second-order valence-electron chi connectivity index (χ2n) is 8.49. The summed E-state index contributed by atoms with van der Waals surface area (Å²) in [7, 11) is 0. The van der Waals surface area contributed by atoms with Gasteiger partial charge in [-0.25, -0.2) is 13.8 Å². The van der Waals surface area contributed by atoms with E-state index in [1.807, 2.05) is 27.0 Å². The third kappa shape index (κ3) is 4.34. The summed E-state index contributed by atoms with van der Waals surface area (Å²) in [5, 5.41) is 16.0. The fourth-order valence-electron chi connectivity index (χ4n) is 3.52. The Labute approximate surface area is 178 Å². The largest absolute Gasteiger partial charge is 0.450 e. The Morgan fingerprint density at radius 2 is 2.10 bits per heavy atom. The molecule has 7 nitrogen and oxygen atoms in total. The molecular weight excluding hydrogens is 406 g/mol. The van der Waals surface area contributed by atoms with Crippen LogP contribution >= 0.6 is 0 Å². The first-order valence-electron chi connectivity index (χ1n) is 10.1. The van der Waals surface area contributed by atoms with Gasteiger partial charge in [0.2, 0.25) is 0 Å². The second-order valence-corrected chi connectivity index (χ2v) is 8.49. The van der Waals surface area contributed by atoms with Gasteiger partial charge in [-0.05, 0) is 17.5 Å². The minimum atomic E-state index is -0.842. The third-order valence-electron chi connectivity index (χ3n) is 5.39. The average Bonchev–Trinajstić information content (AvgIpc) is 3.18. The second kappa shape index (κ2) is 8.41. The smallest absolute Gasteiger partial charge is 0.198 e. The molecule has 9 heteroatoms. The number of fused-ring (bicyclic) bond motifs is 1. The molecule has 2 unspecified atom stereocenters. The number of hydrogen-bond donors (Lipinski definition) is 4. The highest BCUT2D eigenvalue weighted by atomic mass is 19.1. The van der Waals surface area contributed by atoms with E-state index in [0.717, 1.165) is 17.7 Å². The van der Waals surface area contributed by atoms with Gasteiger partial charge in [-0.3, -0.25) is 5.32 Å². The first-order valence-corrected chi connectivity index (χ1v) is 10.1. The molecule has 0 saturated carbocycles. The van der Waals surface area contributed by atoms with Crippen molar-refractivity contribution in [2.75, 3.05) is 25.1 Å². The highest BCUT2D eigenvalue weighted by Gasteiger charge is 2.31. The monoisotopic (exact) mass is 432 g/mol. The van der Waals surface area contributed by atoms with Gasteiger partial charge in [-0.1, -0.05) is 20.8 Å². The van der Waals surface area contributed by atoms with Crippen LogP contribution in [0, 0.1) is 17.0 Å². The van der Waals surface area contributed by atoms with Crippen LogP contribution in [-0.4, -0.2) is 41.2 Å². The van der Waals surface area contributed by atoms with Crippen molar-refractivity contribution in [1.29, 1.82) is 0 Å². The number of aliphatic hydroxyl groups excluding tert-OH is 1. The summed E-state index contributed by atoms with van der Waals surface area (Å²) in [5.41, 5.74) is 1.36. The van der Waals surface area contributed by atoms with E-state index in [4.69, 9.17) is 9.47 Å². The number of nitrogens with zero attached hydrogens (tertiary/aromatic N) is 1. The van der Waals surface area contributed by atoms with Crippen LogP contribution in [0.1, 0.15) is 32.3 Å². The topological polar surface area (TPSA) is 91.4 Å². The first kappa shape index (κ1) is 21.5. The molecule has 2 aromatic heterocycles. The maximum absolute atomic E-state index is 14.8. The standard InChI is InChI=1S/C22H26F2N4O3/c1-12(2)14-8-26-20-18(14)17(4-5-25-20)31-19-15(23)6-13(7-16(19)24)28-21-27-9-22(3,10-29)11-30-21/h4-8,12,21,27-29H,9-11H2,1-3H3,(H,25,26). The summed E-state index contributed by atoms with van der Waals surface area (Å²) in [5.74, 6) is -1.67. The quantitative estimate of drug-likeness (QED) is 0.469. The van der Waals surface area contributed by atoms with E-state index in [9.17, 15) is 13.9 Å². The molecule has 1 aliphatic heterocycles. The van der Waals surface area contributed by atoms with Crippen LogP contribution in [0.15, 0.2) is 30.6 Å². The van der Waals surface area contributed by atoms with E-state index >= 15 is 0 Å². The Bertz CT molecular complexity index is 1050. The number of benzene rings is 1. The number of hydrogen-bond acceptors (Lipinski definition) is 6. The minimum Gasteiger partial charge on any atom is -0.450 e. The van der Waals surface area contributed by atoms with Crippen molar-refractivity contribution in [1.82, 2.24) is 15.3 Å². The van der Waals surface area contributed by atoms with Crippen LogP contribution in [0.4, 0.5) is 14.5 Å². The van der Waals surface area contributed by atoms with Crippen molar-refractivity contribution in [3.8, 4) is 11.5 Å². The predicted octanol–water partition coefficient (Wildman–Crippen LogP) is 4.07. The van der Waals surface area contributed by atoms with Gasteiger partial charge >= 0.3 is 0 Å². The Kier molecular flexibility index (Phi) is 5.83. The number of aromatic nitrogens is 2. The normalized spacial score (nSPS) is 21.6. The van der Waals surface area contributed by atoms with E-state index < -0.39 is 29.2 Å². The molecule has 2 atom stereocenters. The molecule has 0 spiro atoms. The summed E-state index contributed by atoms with van der Waals surface area (Å²) in [4.78, 5) is 7.32. The summed E-state index contributed by atoms with van der Waals surface area (Å²) in [6, 6.07) is 3.90. The van der Waals surface area contributed by atoms with Crippen LogP contribution in [0.25, 0.3) is 11.0 Å². The molecule has 1 aliphatic rings. The molecule has 31 heavy (non-hydrogen) atoms. The number of aliphatic hydroxyl groups is 1. The number of halogens is 2. The number of aromatic amines is 1. The van der Waals surface area contributed by atoms with Crippen molar-refractivity contribution in [2.24, 2.45) is 5.41 Å². The maximum atomic E-state index is 14.8. The lowest BCUT2D eigenvalue weighted by Crippen LogP contribution is -2.53. The summed E-state index contributed by atoms with van der Waals surface area (Å²) in [6.07, 6.45) is 2.72. The molecule has 0 amide bonds. The number of ether oxygens (including phenoxy) is 2. The number of H-pyrrole nitrogens is 1. The zero-order valence-corrected chi connectivity index (χ0v) is 17.6. The molecule has 0 bridgehead atoms. The highest BCUT2D eigenvalue weighted by Crippen LogP contribution is 2.37. The lowest BCUT2D eigenvalue weighted by Gasteiger charge is -2.37. The van der Waals surface area contributed by atoms with Crippen molar-refractivity contribution in [3.63, 3.8) is 0 Å². The Hall–Kier alpha value is -2.75. The van der Waals surface area contributed by atoms with Gasteiger partial charge in [0.15, 0.2) is 23.7 Å². The fourth-order valence-corrected chi connectivity index (χ4v) is 3.52. The summed E-state index contributed by atoms with van der Waals surface area (Å²) >= 11 is 0. The van der Waals surface area contributed by atoms with Crippen molar-refractivity contribution in [3.05, 3.63) is 47.8 Å². The average molecular weight is 432 g/mol. The Morgan fingerprint density at radius 3 is 2.71 bits per heavy atom. The van der Waals surface area contributed by atoms with Crippen molar-refractivity contribution < 1.29 is 23.4 Å². The summed E-state index contributed by atoms with van der Waals surface area (Å²) in [6.45, 7) is 6.71. The van der Waals surface area contributed by atoms with Crippen molar-refractivity contribution in [2.45, 2.75) is 33.0 Å². The van der Waals surface area contributed by atoms with Gasteiger partial charge in [0.05, 0.1) is 18.6 Å². The minimum absolute atomic E-state index is 0.0239. The van der Waals surface area contributed by atoms with Gasteiger partial charge in [-0.15, -0.1) is 0 Å².